The molecule has 0 saturated carbocycles. The molecular formula is C10H16BrNOS. The van der Waals surface area contributed by atoms with Crippen LogP contribution >= 0.6 is 27.3 Å². The maximum absolute atomic E-state index is 5.17. The van der Waals surface area contributed by atoms with Crippen molar-refractivity contribution in [1.82, 2.24) is 5.32 Å². The molecule has 0 bridgehead atoms. The summed E-state index contributed by atoms with van der Waals surface area (Å²) in [6.07, 6.45) is 0.265. The molecule has 0 fully saturated rings. The van der Waals surface area contributed by atoms with E-state index in [9.17, 15) is 0 Å². The molecule has 1 rings (SSSR count). The summed E-state index contributed by atoms with van der Waals surface area (Å²) in [5.41, 5.74) is 0. The first-order valence-electron chi connectivity index (χ1n) is 4.65. The predicted molar refractivity (Wildman–Crippen MR) is 64.9 cm³/mol. The summed E-state index contributed by atoms with van der Waals surface area (Å²) < 4.78 is 6.35. The van der Waals surface area contributed by atoms with Crippen LogP contribution in [0.2, 0.25) is 0 Å². The van der Waals surface area contributed by atoms with E-state index in [4.69, 9.17) is 4.74 Å². The van der Waals surface area contributed by atoms with Gasteiger partial charge in [-0.05, 0) is 41.9 Å². The molecule has 2 atom stereocenters. The quantitative estimate of drug-likeness (QED) is 0.893. The van der Waals surface area contributed by atoms with Gasteiger partial charge in [-0.3, -0.25) is 0 Å². The van der Waals surface area contributed by atoms with E-state index in [0.717, 1.165) is 6.54 Å². The molecule has 14 heavy (non-hydrogen) atoms. The Balaban J connectivity index is 2.39. The molecule has 2 nitrogen and oxygen atoms in total. The maximum atomic E-state index is 5.17. The Morgan fingerprint density at radius 1 is 1.50 bits per heavy atom. The highest BCUT2D eigenvalue weighted by Gasteiger charge is 2.08. The average molecular weight is 278 g/mol. The van der Waals surface area contributed by atoms with Gasteiger partial charge in [0.05, 0.1) is 9.89 Å². The molecule has 4 heteroatoms. The van der Waals surface area contributed by atoms with Crippen LogP contribution in [-0.4, -0.2) is 19.8 Å². The van der Waals surface area contributed by atoms with Crippen LogP contribution < -0.4 is 5.32 Å². The molecule has 1 aromatic rings. The van der Waals surface area contributed by atoms with E-state index >= 15 is 0 Å². The van der Waals surface area contributed by atoms with Gasteiger partial charge in [0.1, 0.15) is 0 Å². The lowest BCUT2D eigenvalue weighted by Crippen LogP contribution is -2.27. The molecule has 0 aliphatic heterocycles. The lowest BCUT2D eigenvalue weighted by Gasteiger charge is -2.15. The van der Waals surface area contributed by atoms with E-state index in [1.54, 1.807) is 18.4 Å². The normalized spacial score (nSPS) is 15.4. The molecule has 2 unspecified atom stereocenters. The van der Waals surface area contributed by atoms with Crippen molar-refractivity contribution in [2.45, 2.75) is 26.0 Å². The van der Waals surface area contributed by atoms with Crippen molar-refractivity contribution in [2.75, 3.05) is 13.7 Å². The fourth-order valence-electron chi connectivity index (χ4n) is 1.09. The van der Waals surface area contributed by atoms with Gasteiger partial charge in [0.25, 0.3) is 0 Å². The van der Waals surface area contributed by atoms with Crippen LogP contribution in [0, 0.1) is 0 Å². The van der Waals surface area contributed by atoms with Crippen molar-refractivity contribution >= 4 is 27.3 Å². The van der Waals surface area contributed by atoms with Crippen LogP contribution in [0.5, 0.6) is 0 Å². The van der Waals surface area contributed by atoms with Crippen LogP contribution in [0.3, 0.4) is 0 Å². The van der Waals surface area contributed by atoms with Gasteiger partial charge in [-0.15, -0.1) is 11.3 Å². The molecule has 0 spiro atoms. The number of methoxy groups -OCH3 is 1. The Labute approximate surface area is 97.8 Å². The highest BCUT2D eigenvalue weighted by Crippen LogP contribution is 2.26. The Morgan fingerprint density at radius 2 is 2.21 bits per heavy atom. The minimum absolute atomic E-state index is 0.265. The molecule has 1 aromatic heterocycles. The minimum Gasteiger partial charge on any atom is -0.380 e. The largest absolute Gasteiger partial charge is 0.380 e. The Kier molecular flexibility index (Phi) is 5.09. The summed E-state index contributed by atoms with van der Waals surface area (Å²) in [4.78, 5) is 1.35. The van der Waals surface area contributed by atoms with E-state index in [0.29, 0.717) is 6.04 Å². The molecule has 0 aliphatic rings. The van der Waals surface area contributed by atoms with Crippen molar-refractivity contribution in [3.8, 4) is 0 Å². The first-order chi connectivity index (χ1) is 6.63. The standard InChI is InChI=1S/C10H16BrNOS/c1-7(13-3)6-12-8(2)9-4-5-10(11)14-9/h4-5,7-8,12H,6H2,1-3H3. The second kappa shape index (κ2) is 5.85. The highest BCUT2D eigenvalue weighted by molar-refractivity contribution is 9.11. The third-order valence-corrected chi connectivity index (χ3v) is 3.94. The summed E-state index contributed by atoms with van der Waals surface area (Å²) in [6, 6.07) is 4.62. The highest BCUT2D eigenvalue weighted by atomic mass is 79.9. The summed E-state index contributed by atoms with van der Waals surface area (Å²) in [6.45, 7) is 5.11. The fourth-order valence-corrected chi connectivity index (χ4v) is 2.54. The number of nitrogens with one attached hydrogen (secondary N) is 1. The van der Waals surface area contributed by atoms with Crippen LogP contribution in [-0.2, 0) is 4.74 Å². The third kappa shape index (κ3) is 3.69. The summed E-state index contributed by atoms with van der Waals surface area (Å²) in [5, 5.41) is 3.43. The van der Waals surface area contributed by atoms with E-state index in [2.05, 4.69) is 47.2 Å². The van der Waals surface area contributed by atoms with Gasteiger partial charge in [-0.2, -0.15) is 0 Å². The second-order valence-corrected chi connectivity index (χ2v) is 5.81. The number of halogens is 1. The molecule has 0 amide bonds. The zero-order valence-corrected chi connectivity index (χ0v) is 11.1. The van der Waals surface area contributed by atoms with E-state index in [-0.39, 0.29) is 6.10 Å². The number of hydrogen-bond acceptors (Lipinski definition) is 3. The number of rotatable bonds is 5. The number of hydrogen-bond donors (Lipinski definition) is 1. The molecule has 1 heterocycles. The molecule has 0 radical (unpaired) electrons. The fraction of sp³-hybridized carbons (Fsp3) is 0.600. The Morgan fingerprint density at radius 3 is 2.71 bits per heavy atom. The molecule has 80 valence electrons. The summed E-state index contributed by atoms with van der Waals surface area (Å²) in [7, 11) is 1.73. The second-order valence-electron chi connectivity index (χ2n) is 3.32. The molecule has 0 saturated heterocycles. The van der Waals surface area contributed by atoms with Crippen molar-refractivity contribution < 1.29 is 4.74 Å². The predicted octanol–water partition coefficient (Wildman–Crippen LogP) is 3.20. The first kappa shape index (κ1) is 12.2. The molecule has 1 N–H and O–H groups in total. The van der Waals surface area contributed by atoms with Gasteiger partial charge >= 0.3 is 0 Å². The SMILES string of the molecule is COC(C)CNC(C)c1ccc(Br)s1. The van der Waals surface area contributed by atoms with E-state index < -0.39 is 0 Å². The lowest BCUT2D eigenvalue weighted by molar-refractivity contribution is 0.115. The zero-order chi connectivity index (χ0) is 10.6. The van der Waals surface area contributed by atoms with Gasteiger partial charge in [-0.1, -0.05) is 0 Å². The van der Waals surface area contributed by atoms with Crippen molar-refractivity contribution in [3.05, 3.63) is 20.8 Å². The average Bonchev–Trinajstić information content (AvgIpc) is 2.60. The Hall–Kier alpha value is 0.1000. The van der Waals surface area contributed by atoms with Crippen molar-refractivity contribution in [2.24, 2.45) is 0 Å². The molecule has 0 aromatic carbocycles. The van der Waals surface area contributed by atoms with Crippen molar-refractivity contribution in [3.63, 3.8) is 0 Å². The topological polar surface area (TPSA) is 21.3 Å². The minimum atomic E-state index is 0.265. The lowest BCUT2D eigenvalue weighted by atomic mass is 10.2. The summed E-state index contributed by atoms with van der Waals surface area (Å²) >= 11 is 5.23. The molecular weight excluding hydrogens is 262 g/mol. The Bertz CT molecular complexity index is 277. The summed E-state index contributed by atoms with van der Waals surface area (Å²) in [5.74, 6) is 0. The van der Waals surface area contributed by atoms with Gasteiger partial charge < -0.3 is 10.1 Å². The van der Waals surface area contributed by atoms with E-state index in [1.165, 1.54) is 8.66 Å². The van der Waals surface area contributed by atoms with Crippen LogP contribution in [0.1, 0.15) is 24.8 Å². The van der Waals surface area contributed by atoms with Gasteiger partial charge in [0, 0.05) is 24.6 Å². The van der Waals surface area contributed by atoms with Crippen LogP contribution in [0.4, 0.5) is 0 Å². The van der Waals surface area contributed by atoms with Gasteiger partial charge in [0.2, 0.25) is 0 Å². The monoisotopic (exact) mass is 277 g/mol. The molecule has 0 aliphatic carbocycles. The van der Waals surface area contributed by atoms with Crippen LogP contribution in [0.25, 0.3) is 0 Å². The van der Waals surface area contributed by atoms with Crippen molar-refractivity contribution in [1.29, 1.82) is 0 Å². The first-order valence-corrected chi connectivity index (χ1v) is 6.26. The van der Waals surface area contributed by atoms with E-state index in [1.807, 2.05) is 0 Å². The van der Waals surface area contributed by atoms with Crippen LogP contribution in [0.15, 0.2) is 15.9 Å². The maximum Gasteiger partial charge on any atom is 0.0701 e. The smallest absolute Gasteiger partial charge is 0.0701 e. The van der Waals surface area contributed by atoms with Gasteiger partial charge in [0.15, 0.2) is 0 Å². The number of thiophene rings is 1. The zero-order valence-electron chi connectivity index (χ0n) is 8.71. The van der Waals surface area contributed by atoms with Gasteiger partial charge in [-0.25, -0.2) is 0 Å². The third-order valence-electron chi connectivity index (χ3n) is 2.13. The number of ether oxygens (including phenoxy) is 1.